The largest absolute Gasteiger partial charge is 0.486 e. The summed E-state index contributed by atoms with van der Waals surface area (Å²) in [5.41, 5.74) is 17.0. The highest BCUT2D eigenvalue weighted by molar-refractivity contribution is 5.97. The molecule has 2 nitrogen and oxygen atoms in total. The van der Waals surface area contributed by atoms with E-state index in [2.05, 4.69) is 145 Å². The molecule has 2 heteroatoms. The SMILES string of the molecule is C1=CC2=C(CC1)C1C(C=CC3C=CC4C=CC(N(C5=CCCCC5)c5ccc6c(c5)C5(C7=C6C=CCC7)c6ccccc6-c6ccccc65)=CC4C31)O2. The lowest BCUT2D eigenvalue weighted by molar-refractivity contribution is 0.0897. The zero-order valence-electron chi connectivity index (χ0n) is 30.3. The molecule has 260 valence electrons. The Hall–Kier alpha value is -5.08. The number of benzene rings is 3. The van der Waals surface area contributed by atoms with Gasteiger partial charge in [0.05, 0.1) is 5.41 Å². The van der Waals surface area contributed by atoms with Crippen LogP contribution >= 0.6 is 0 Å². The van der Waals surface area contributed by atoms with Crippen molar-refractivity contribution in [3.63, 3.8) is 0 Å². The van der Waals surface area contributed by atoms with Crippen LogP contribution in [-0.4, -0.2) is 6.10 Å². The third-order valence-corrected chi connectivity index (χ3v) is 14.2. The van der Waals surface area contributed by atoms with E-state index in [1.165, 1.54) is 68.9 Å². The summed E-state index contributed by atoms with van der Waals surface area (Å²) in [5.74, 6) is 3.37. The van der Waals surface area contributed by atoms with Gasteiger partial charge in [0, 0.05) is 28.9 Å². The van der Waals surface area contributed by atoms with Crippen molar-refractivity contribution in [2.75, 3.05) is 4.90 Å². The van der Waals surface area contributed by atoms with Crippen molar-refractivity contribution in [1.29, 1.82) is 0 Å². The van der Waals surface area contributed by atoms with Gasteiger partial charge in [0.25, 0.3) is 0 Å². The highest BCUT2D eigenvalue weighted by atomic mass is 16.5. The van der Waals surface area contributed by atoms with E-state index in [9.17, 15) is 0 Å². The molecule has 6 unspecified atom stereocenters. The fourth-order valence-electron chi connectivity index (χ4n) is 12.1. The number of fused-ring (bicyclic) bond motifs is 15. The first-order valence-electron chi connectivity index (χ1n) is 20.4. The second kappa shape index (κ2) is 11.5. The number of allylic oxidation sites excluding steroid dienone is 14. The van der Waals surface area contributed by atoms with Crippen molar-refractivity contribution in [2.24, 2.45) is 29.6 Å². The molecule has 1 spiro atoms. The lowest BCUT2D eigenvalue weighted by Crippen LogP contribution is -2.42. The molecule has 1 heterocycles. The number of anilines is 1. The Morgan fingerprint density at radius 2 is 1.45 bits per heavy atom. The molecule has 9 aliphatic rings. The Bertz CT molecular complexity index is 2340. The third-order valence-electron chi connectivity index (χ3n) is 14.2. The molecule has 12 rings (SSSR count). The molecule has 0 bridgehead atoms. The van der Waals surface area contributed by atoms with Crippen molar-refractivity contribution in [3.8, 4) is 11.1 Å². The normalized spacial score (nSPS) is 30.0. The maximum atomic E-state index is 6.63. The van der Waals surface area contributed by atoms with Crippen molar-refractivity contribution < 1.29 is 4.74 Å². The van der Waals surface area contributed by atoms with Crippen LogP contribution in [0.1, 0.15) is 73.6 Å². The molecule has 0 amide bonds. The molecule has 0 saturated carbocycles. The quantitative estimate of drug-likeness (QED) is 0.254. The van der Waals surface area contributed by atoms with Crippen molar-refractivity contribution in [3.05, 3.63) is 190 Å². The average Bonchev–Trinajstić information content (AvgIpc) is 3.85. The number of rotatable bonds is 3. The van der Waals surface area contributed by atoms with E-state index in [1.54, 1.807) is 11.1 Å². The Morgan fingerprint density at radius 3 is 2.30 bits per heavy atom. The van der Waals surface area contributed by atoms with E-state index < -0.39 is 0 Å². The lowest BCUT2D eigenvalue weighted by Gasteiger charge is -2.46. The Kier molecular flexibility index (Phi) is 6.57. The lowest BCUT2D eigenvalue weighted by atomic mass is 9.59. The number of hydrogen-bond acceptors (Lipinski definition) is 2. The van der Waals surface area contributed by atoms with Crippen molar-refractivity contribution in [1.82, 2.24) is 0 Å². The Balaban J connectivity index is 1.03. The van der Waals surface area contributed by atoms with Gasteiger partial charge in [0.15, 0.2) is 0 Å². The van der Waals surface area contributed by atoms with Crippen LogP contribution in [0, 0.1) is 29.6 Å². The molecule has 0 saturated heterocycles. The van der Waals surface area contributed by atoms with Crippen LogP contribution in [0.25, 0.3) is 16.7 Å². The minimum Gasteiger partial charge on any atom is -0.486 e. The molecule has 0 radical (unpaired) electrons. The molecular weight excluding hydrogens is 643 g/mol. The van der Waals surface area contributed by atoms with E-state index in [0.29, 0.717) is 29.6 Å². The van der Waals surface area contributed by atoms with Crippen LogP contribution < -0.4 is 4.90 Å². The van der Waals surface area contributed by atoms with Crippen LogP contribution in [0.5, 0.6) is 0 Å². The number of hydrogen-bond donors (Lipinski definition) is 0. The zero-order valence-corrected chi connectivity index (χ0v) is 30.3. The molecular formula is C51H45NO. The van der Waals surface area contributed by atoms with Crippen LogP contribution in [-0.2, 0) is 10.2 Å². The topological polar surface area (TPSA) is 12.5 Å². The summed E-state index contributed by atoms with van der Waals surface area (Å²) in [6.07, 6.45) is 38.8. The third kappa shape index (κ3) is 4.16. The molecule has 3 aromatic rings. The van der Waals surface area contributed by atoms with E-state index >= 15 is 0 Å². The Labute approximate surface area is 313 Å². The maximum Gasteiger partial charge on any atom is 0.124 e. The zero-order chi connectivity index (χ0) is 34.7. The average molecular weight is 688 g/mol. The van der Waals surface area contributed by atoms with Crippen LogP contribution in [0.4, 0.5) is 5.69 Å². The Morgan fingerprint density at radius 1 is 0.660 bits per heavy atom. The van der Waals surface area contributed by atoms with Gasteiger partial charge in [-0.15, -0.1) is 0 Å². The number of nitrogens with zero attached hydrogens (tertiary/aromatic N) is 1. The molecule has 6 atom stereocenters. The second-order valence-electron chi connectivity index (χ2n) is 16.6. The van der Waals surface area contributed by atoms with E-state index in [1.807, 2.05) is 0 Å². The minimum absolute atomic E-state index is 0.161. The van der Waals surface area contributed by atoms with Crippen LogP contribution in [0.15, 0.2) is 168 Å². The minimum atomic E-state index is -0.264. The van der Waals surface area contributed by atoms with Gasteiger partial charge in [-0.05, 0) is 150 Å². The summed E-state index contributed by atoms with van der Waals surface area (Å²) in [6, 6.07) is 26.0. The predicted molar refractivity (Wildman–Crippen MR) is 216 cm³/mol. The highest BCUT2D eigenvalue weighted by Crippen LogP contribution is 2.64. The molecule has 8 aliphatic carbocycles. The van der Waals surface area contributed by atoms with Gasteiger partial charge in [-0.2, -0.15) is 0 Å². The van der Waals surface area contributed by atoms with Gasteiger partial charge in [-0.3, -0.25) is 0 Å². The molecule has 0 N–H and O–H groups in total. The van der Waals surface area contributed by atoms with Crippen molar-refractivity contribution in [2.45, 2.75) is 62.9 Å². The summed E-state index contributed by atoms with van der Waals surface area (Å²) < 4.78 is 6.63. The van der Waals surface area contributed by atoms with E-state index in [0.717, 1.165) is 44.3 Å². The van der Waals surface area contributed by atoms with Gasteiger partial charge in [0.1, 0.15) is 11.9 Å². The van der Waals surface area contributed by atoms with E-state index in [-0.39, 0.29) is 11.5 Å². The van der Waals surface area contributed by atoms with Gasteiger partial charge < -0.3 is 9.64 Å². The second-order valence-corrected chi connectivity index (χ2v) is 16.6. The van der Waals surface area contributed by atoms with Gasteiger partial charge in [0.2, 0.25) is 0 Å². The standard InChI is InChI=1S/C51H45NO/c1-2-12-34(13-3-1)52(35-26-24-32-22-23-33-25-29-48-50(49(33)42(32)30-35)41-17-7-11-21-47(41)53-48)36-27-28-40-39-16-6-10-20-45(39)51(46(40)31-36)43-18-8-4-14-37(43)38-15-5-9-19-44(38)51/h4-6,8-9,11-12,14-16,18-19,21-33,42,48-50H,1-3,7,10,13,17,20H2. The molecule has 53 heavy (non-hydrogen) atoms. The van der Waals surface area contributed by atoms with Gasteiger partial charge in [-0.1, -0.05) is 109 Å². The first-order valence-corrected chi connectivity index (χ1v) is 20.4. The van der Waals surface area contributed by atoms with Crippen LogP contribution in [0.2, 0.25) is 0 Å². The summed E-state index contributed by atoms with van der Waals surface area (Å²) in [6.45, 7) is 0. The first kappa shape index (κ1) is 30.4. The summed E-state index contributed by atoms with van der Waals surface area (Å²) in [5, 5.41) is 0. The monoisotopic (exact) mass is 687 g/mol. The summed E-state index contributed by atoms with van der Waals surface area (Å²) in [7, 11) is 0. The fraction of sp³-hybridized carbons (Fsp3) is 0.294. The fourth-order valence-corrected chi connectivity index (χ4v) is 12.1. The summed E-state index contributed by atoms with van der Waals surface area (Å²) in [4.78, 5) is 2.67. The number of ether oxygens (including phenoxy) is 1. The van der Waals surface area contributed by atoms with Gasteiger partial charge >= 0.3 is 0 Å². The summed E-state index contributed by atoms with van der Waals surface area (Å²) >= 11 is 0. The van der Waals surface area contributed by atoms with E-state index in [4.69, 9.17) is 4.74 Å². The van der Waals surface area contributed by atoms with Gasteiger partial charge in [-0.25, -0.2) is 0 Å². The molecule has 3 aromatic carbocycles. The molecule has 1 aliphatic heterocycles. The first-order chi connectivity index (χ1) is 26.3. The maximum absolute atomic E-state index is 6.63. The van der Waals surface area contributed by atoms with Crippen molar-refractivity contribution >= 4 is 11.3 Å². The predicted octanol–water partition coefficient (Wildman–Crippen LogP) is 12.1. The smallest absolute Gasteiger partial charge is 0.124 e. The van der Waals surface area contributed by atoms with Crippen LogP contribution in [0.3, 0.4) is 0 Å². The molecule has 0 aromatic heterocycles. The highest BCUT2D eigenvalue weighted by Gasteiger charge is 2.53. The molecule has 0 fully saturated rings.